The van der Waals surface area contributed by atoms with Crippen molar-refractivity contribution in [2.75, 3.05) is 13.2 Å². The Balaban J connectivity index is 2.56. The highest BCUT2D eigenvalue weighted by Gasteiger charge is 2.50. The van der Waals surface area contributed by atoms with Crippen molar-refractivity contribution >= 4 is 5.97 Å². The van der Waals surface area contributed by atoms with Gasteiger partial charge in [0.2, 0.25) is 5.79 Å². The van der Waals surface area contributed by atoms with Gasteiger partial charge in [-0.2, -0.15) is 4.91 Å². The Morgan fingerprint density at radius 2 is 2.21 bits per heavy atom. The molecular weight excluding hydrogens is 262 g/mol. The molecule has 0 saturated carbocycles. The van der Waals surface area contributed by atoms with Crippen molar-refractivity contribution in [2.45, 2.75) is 43.5 Å². The van der Waals surface area contributed by atoms with Crippen LogP contribution in [0.2, 0.25) is 0 Å². The molecule has 1 saturated heterocycles. The molecule has 0 bridgehead atoms. The summed E-state index contributed by atoms with van der Waals surface area (Å²) in [6.45, 7) is 0.237. The third-order valence-corrected chi connectivity index (χ3v) is 2.72. The summed E-state index contributed by atoms with van der Waals surface area (Å²) in [5, 5.41) is 40.5. The second-order valence-corrected chi connectivity index (χ2v) is 4.48. The molecule has 110 valence electrons. The lowest BCUT2D eigenvalue weighted by molar-refractivity contribution is -0.316. The highest BCUT2D eigenvalue weighted by Crippen LogP contribution is 2.25. The minimum atomic E-state index is -2.31. The predicted octanol–water partition coefficient (Wildman–Crippen LogP) is -2.12. The van der Waals surface area contributed by atoms with Crippen LogP contribution in [-0.2, 0) is 14.3 Å². The normalized spacial score (nSPS) is 36.6. The minimum absolute atomic E-state index is 0.284. The number of rotatable bonds is 5. The van der Waals surface area contributed by atoms with E-state index >= 15 is 0 Å². The Kier molecular flexibility index (Phi) is 5.32. The predicted molar refractivity (Wildman–Crippen MR) is 59.8 cm³/mol. The van der Waals surface area contributed by atoms with Gasteiger partial charge in [-0.15, -0.1) is 0 Å². The number of nitrogens with zero attached hydrogens (tertiary/aromatic N) is 1. The van der Waals surface area contributed by atoms with Gasteiger partial charge < -0.3 is 29.9 Å². The SMILES string of the molecule is CC(O)CC(=O)OC[C@@]1(O)OC[C@@H](N=O)C(O)[C@H]1O. The van der Waals surface area contributed by atoms with Crippen molar-refractivity contribution in [3.63, 3.8) is 0 Å². The number of ether oxygens (including phenoxy) is 2. The van der Waals surface area contributed by atoms with Crippen LogP contribution in [0.15, 0.2) is 5.18 Å². The molecule has 19 heavy (non-hydrogen) atoms. The number of hydrogen-bond donors (Lipinski definition) is 4. The second-order valence-electron chi connectivity index (χ2n) is 4.48. The highest BCUT2D eigenvalue weighted by atomic mass is 16.7. The van der Waals surface area contributed by atoms with Crippen LogP contribution in [0, 0.1) is 4.91 Å². The summed E-state index contributed by atoms with van der Waals surface area (Å²) in [4.78, 5) is 21.5. The first-order valence-electron chi connectivity index (χ1n) is 5.68. The van der Waals surface area contributed by atoms with Gasteiger partial charge in [0.15, 0.2) is 0 Å². The molecule has 0 aromatic heterocycles. The van der Waals surface area contributed by atoms with Gasteiger partial charge in [0.1, 0.15) is 24.9 Å². The van der Waals surface area contributed by atoms with Crippen molar-refractivity contribution in [1.29, 1.82) is 0 Å². The van der Waals surface area contributed by atoms with Crippen molar-refractivity contribution in [3.8, 4) is 0 Å². The molecule has 1 aliphatic heterocycles. The van der Waals surface area contributed by atoms with Gasteiger partial charge in [0, 0.05) is 0 Å². The van der Waals surface area contributed by atoms with E-state index in [2.05, 4.69) is 9.91 Å². The second kappa shape index (κ2) is 6.35. The summed E-state index contributed by atoms with van der Waals surface area (Å²) in [5.74, 6) is -3.11. The van der Waals surface area contributed by atoms with Crippen molar-refractivity contribution < 1.29 is 34.7 Å². The molecule has 0 spiro atoms. The van der Waals surface area contributed by atoms with Crippen LogP contribution in [0.3, 0.4) is 0 Å². The molecule has 4 N–H and O–H groups in total. The summed E-state index contributed by atoms with van der Waals surface area (Å²) in [6, 6.07) is -1.21. The van der Waals surface area contributed by atoms with E-state index in [9.17, 15) is 25.0 Å². The van der Waals surface area contributed by atoms with Gasteiger partial charge >= 0.3 is 5.97 Å². The van der Waals surface area contributed by atoms with E-state index in [0.29, 0.717) is 0 Å². The van der Waals surface area contributed by atoms with E-state index in [1.165, 1.54) is 6.92 Å². The van der Waals surface area contributed by atoms with Gasteiger partial charge in [-0.05, 0) is 6.92 Å². The fraction of sp³-hybridized carbons (Fsp3) is 0.900. The van der Waals surface area contributed by atoms with Crippen LogP contribution < -0.4 is 0 Å². The van der Waals surface area contributed by atoms with Gasteiger partial charge in [-0.3, -0.25) is 4.79 Å². The van der Waals surface area contributed by atoms with Crippen molar-refractivity contribution in [1.82, 2.24) is 0 Å². The zero-order valence-electron chi connectivity index (χ0n) is 10.3. The number of nitroso groups, excluding NO2 is 1. The standard InChI is InChI=1S/C10H17NO8/c1-5(12)2-7(13)18-4-10(16)9(15)8(14)6(11-17)3-19-10/h5-6,8-9,12,14-16H,2-4H2,1H3/t5?,6-,8?,9-,10-/m1/s1. The van der Waals surface area contributed by atoms with Crippen LogP contribution in [0.1, 0.15) is 13.3 Å². The average Bonchev–Trinajstić information content (AvgIpc) is 2.34. The fourth-order valence-electron chi connectivity index (χ4n) is 1.59. The summed E-state index contributed by atoms with van der Waals surface area (Å²) in [5.41, 5.74) is 0. The third kappa shape index (κ3) is 3.91. The van der Waals surface area contributed by atoms with Crippen LogP contribution >= 0.6 is 0 Å². The average molecular weight is 279 g/mol. The number of carbonyl (C=O) groups excluding carboxylic acids is 1. The smallest absolute Gasteiger partial charge is 0.308 e. The lowest BCUT2D eigenvalue weighted by Gasteiger charge is -2.40. The fourth-order valence-corrected chi connectivity index (χ4v) is 1.59. The summed E-state index contributed by atoms with van der Waals surface area (Å²) in [6.07, 6.45) is -4.66. The minimum Gasteiger partial charge on any atom is -0.460 e. The lowest BCUT2D eigenvalue weighted by atomic mass is 9.96. The molecular formula is C10H17NO8. The highest BCUT2D eigenvalue weighted by molar-refractivity contribution is 5.69. The number of aliphatic hydroxyl groups excluding tert-OH is 3. The number of carbonyl (C=O) groups is 1. The first kappa shape index (κ1) is 15.9. The molecule has 0 aromatic carbocycles. The molecule has 1 aliphatic rings. The monoisotopic (exact) mass is 279 g/mol. The molecule has 1 heterocycles. The van der Waals surface area contributed by atoms with Gasteiger partial charge in [0.05, 0.1) is 19.1 Å². The zero-order chi connectivity index (χ0) is 14.6. The largest absolute Gasteiger partial charge is 0.460 e. The van der Waals surface area contributed by atoms with E-state index in [-0.39, 0.29) is 6.42 Å². The summed E-state index contributed by atoms with van der Waals surface area (Å²) in [7, 11) is 0. The van der Waals surface area contributed by atoms with Crippen LogP contribution in [0.4, 0.5) is 0 Å². The Morgan fingerprint density at radius 3 is 2.74 bits per heavy atom. The molecule has 9 heteroatoms. The lowest BCUT2D eigenvalue weighted by Crippen LogP contribution is -2.62. The van der Waals surface area contributed by atoms with Crippen molar-refractivity contribution in [2.24, 2.45) is 5.18 Å². The molecule has 0 aliphatic carbocycles. The molecule has 1 rings (SSSR count). The Morgan fingerprint density at radius 1 is 1.58 bits per heavy atom. The van der Waals surface area contributed by atoms with Crippen LogP contribution in [-0.4, -0.2) is 69.8 Å². The first-order valence-corrected chi connectivity index (χ1v) is 5.68. The van der Waals surface area contributed by atoms with Crippen molar-refractivity contribution in [3.05, 3.63) is 4.91 Å². The maximum Gasteiger partial charge on any atom is 0.308 e. The van der Waals surface area contributed by atoms with Gasteiger partial charge in [-0.1, -0.05) is 5.18 Å². The van der Waals surface area contributed by atoms with E-state index in [0.717, 1.165) is 0 Å². The Bertz CT molecular complexity index is 335. The topological polar surface area (TPSA) is 146 Å². The van der Waals surface area contributed by atoms with Crippen LogP contribution in [0.5, 0.6) is 0 Å². The van der Waals surface area contributed by atoms with E-state index in [1.54, 1.807) is 0 Å². The Labute approximate surface area is 108 Å². The number of hydrogen-bond acceptors (Lipinski definition) is 9. The van der Waals surface area contributed by atoms with Gasteiger partial charge in [0.25, 0.3) is 0 Å². The molecule has 0 radical (unpaired) electrons. The van der Waals surface area contributed by atoms with E-state index in [1.807, 2.05) is 0 Å². The first-order chi connectivity index (χ1) is 8.80. The molecule has 9 nitrogen and oxygen atoms in total. The van der Waals surface area contributed by atoms with Crippen LogP contribution in [0.25, 0.3) is 0 Å². The quantitative estimate of drug-likeness (QED) is 0.330. The third-order valence-electron chi connectivity index (χ3n) is 2.72. The molecule has 0 amide bonds. The zero-order valence-corrected chi connectivity index (χ0v) is 10.3. The van der Waals surface area contributed by atoms with Gasteiger partial charge in [-0.25, -0.2) is 0 Å². The maximum atomic E-state index is 11.2. The summed E-state index contributed by atoms with van der Waals surface area (Å²) >= 11 is 0. The van der Waals surface area contributed by atoms with E-state index < -0.39 is 49.3 Å². The molecule has 2 unspecified atom stereocenters. The molecule has 0 aromatic rings. The number of esters is 1. The Hall–Kier alpha value is -1.13. The maximum absolute atomic E-state index is 11.2. The molecule has 1 fully saturated rings. The van der Waals surface area contributed by atoms with E-state index in [4.69, 9.17) is 9.84 Å². The number of aliphatic hydroxyl groups is 4. The summed E-state index contributed by atoms with van der Waals surface area (Å²) < 4.78 is 9.45. The molecule has 5 atom stereocenters.